The molecule has 1 aliphatic heterocycles. The molecule has 0 spiro atoms. The van der Waals surface area contributed by atoms with Gasteiger partial charge in [0.2, 0.25) is 0 Å². The summed E-state index contributed by atoms with van der Waals surface area (Å²) in [4.78, 5) is 2.45. The van der Waals surface area contributed by atoms with E-state index in [2.05, 4.69) is 4.90 Å². The smallest absolute Gasteiger partial charge is 0.124 e. The van der Waals surface area contributed by atoms with Gasteiger partial charge in [0.05, 0.1) is 6.61 Å². The minimum absolute atomic E-state index is 0. The number of nitrogens with zero attached hydrogens (tertiary/aromatic N) is 1. The third-order valence-corrected chi connectivity index (χ3v) is 3.26. The third-order valence-electron chi connectivity index (χ3n) is 3.26. The Kier molecular flexibility index (Phi) is 7.09. The van der Waals surface area contributed by atoms with Crippen LogP contribution in [-0.4, -0.2) is 36.2 Å². The highest BCUT2D eigenvalue weighted by atomic mass is 35.5. The van der Waals surface area contributed by atoms with Crippen LogP contribution >= 0.6 is 12.4 Å². The summed E-state index contributed by atoms with van der Waals surface area (Å²) in [7, 11) is 0. The van der Waals surface area contributed by atoms with Gasteiger partial charge in [-0.25, -0.2) is 0 Å². The van der Waals surface area contributed by atoms with Gasteiger partial charge in [-0.05, 0) is 32.0 Å². The largest absolute Gasteiger partial charge is 0.492 e. The minimum Gasteiger partial charge on any atom is -0.492 e. The standard InChI is InChI=1S/C14H21NO2.ClH/c16-12-13-6-2-3-7-14(13)17-11-10-15-8-4-1-5-9-15;/h2-3,6-7,16H,1,4-5,8-12H2;1H. The highest BCUT2D eigenvalue weighted by Crippen LogP contribution is 2.17. The van der Waals surface area contributed by atoms with Gasteiger partial charge in [-0.1, -0.05) is 24.6 Å². The molecule has 2 rings (SSSR count). The van der Waals surface area contributed by atoms with E-state index in [4.69, 9.17) is 4.74 Å². The highest BCUT2D eigenvalue weighted by Gasteiger charge is 2.09. The first-order valence-corrected chi connectivity index (χ1v) is 6.44. The molecule has 0 bridgehead atoms. The van der Waals surface area contributed by atoms with Gasteiger partial charge in [-0.3, -0.25) is 4.90 Å². The van der Waals surface area contributed by atoms with Gasteiger partial charge in [0.25, 0.3) is 0 Å². The lowest BCUT2D eigenvalue weighted by Crippen LogP contribution is -2.33. The topological polar surface area (TPSA) is 32.7 Å². The molecule has 0 aliphatic carbocycles. The summed E-state index contributed by atoms with van der Waals surface area (Å²) in [6.45, 7) is 4.13. The van der Waals surface area contributed by atoms with E-state index in [0.717, 1.165) is 17.9 Å². The highest BCUT2D eigenvalue weighted by molar-refractivity contribution is 5.85. The van der Waals surface area contributed by atoms with Gasteiger partial charge >= 0.3 is 0 Å². The molecular formula is C14H22ClNO2. The van der Waals surface area contributed by atoms with E-state index in [1.165, 1.54) is 32.4 Å². The zero-order chi connectivity index (χ0) is 11.9. The Hall–Kier alpha value is -0.770. The Morgan fingerprint density at radius 1 is 1.11 bits per heavy atom. The second-order valence-corrected chi connectivity index (χ2v) is 4.52. The maximum atomic E-state index is 9.18. The number of ether oxygens (including phenoxy) is 1. The van der Waals surface area contributed by atoms with Crippen LogP contribution in [0.4, 0.5) is 0 Å². The molecule has 1 aromatic rings. The number of aliphatic hydroxyl groups excluding tert-OH is 1. The maximum absolute atomic E-state index is 9.18. The summed E-state index contributed by atoms with van der Waals surface area (Å²) in [5, 5.41) is 9.18. The lowest BCUT2D eigenvalue weighted by atomic mass is 10.1. The number of para-hydroxylation sites is 1. The van der Waals surface area contributed by atoms with E-state index in [1.54, 1.807) is 0 Å². The van der Waals surface area contributed by atoms with Crippen molar-refractivity contribution in [2.24, 2.45) is 0 Å². The molecule has 18 heavy (non-hydrogen) atoms. The zero-order valence-corrected chi connectivity index (χ0v) is 11.5. The van der Waals surface area contributed by atoms with Crippen LogP contribution in [0.25, 0.3) is 0 Å². The molecule has 1 heterocycles. The molecule has 1 saturated heterocycles. The Morgan fingerprint density at radius 2 is 1.83 bits per heavy atom. The molecule has 1 aromatic carbocycles. The fourth-order valence-electron chi connectivity index (χ4n) is 2.24. The molecule has 0 radical (unpaired) electrons. The first-order valence-electron chi connectivity index (χ1n) is 6.44. The fourth-order valence-corrected chi connectivity index (χ4v) is 2.24. The van der Waals surface area contributed by atoms with Crippen molar-refractivity contribution in [2.45, 2.75) is 25.9 Å². The lowest BCUT2D eigenvalue weighted by molar-refractivity contribution is 0.180. The fraction of sp³-hybridized carbons (Fsp3) is 0.571. The van der Waals surface area contributed by atoms with Crippen LogP contribution in [0.5, 0.6) is 5.75 Å². The first-order chi connectivity index (χ1) is 8.40. The molecular weight excluding hydrogens is 250 g/mol. The van der Waals surface area contributed by atoms with Crippen molar-refractivity contribution in [1.29, 1.82) is 0 Å². The number of piperidine rings is 1. The van der Waals surface area contributed by atoms with Crippen LogP contribution in [-0.2, 0) is 6.61 Å². The van der Waals surface area contributed by atoms with Crippen LogP contribution in [0.1, 0.15) is 24.8 Å². The molecule has 1 N–H and O–H groups in total. The Bertz CT molecular complexity index is 340. The van der Waals surface area contributed by atoms with Crippen molar-refractivity contribution in [1.82, 2.24) is 4.90 Å². The Labute approximate surface area is 115 Å². The van der Waals surface area contributed by atoms with E-state index < -0.39 is 0 Å². The monoisotopic (exact) mass is 271 g/mol. The van der Waals surface area contributed by atoms with Gasteiger partial charge in [0.1, 0.15) is 12.4 Å². The molecule has 1 aliphatic rings. The number of halogens is 1. The summed E-state index contributed by atoms with van der Waals surface area (Å²) < 4.78 is 5.73. The van der Waals surface area contributed by atoms with Crippen molar-refractivity contribution >= 4 is 12.4 Å². The van der Waals surface area contributed by atoms with Gasteiger partial charge in [-0.15, -0.1) is 12.4 Å². The van der Waals surface area contributed by atoms with Gasteiger partial charge in [0.15, 0.2) is 0 Å². The second kappa shape index (κ2) is 8.35. The van der Waals surface area contributed by atoms with Crippen LogP contribution in [0.3, 0.4) is 0 Å². The maximum Gasteiger partial charge on any atom is 0.124 e. The summed E-state index contributed by atoms with van der Waals surface area (Å²) >= 11 is 0. The molecule has 3 nitrogen and oxygen atoms in total. The minimum atomic E-state index is 0. The van der Waals surface area contributed by atoms with Crippen molar-refractivity contribution < 1.29 is 9.84 Å². The molecule has 0 atom stereocenters. The number of likely N-dealkylation sites (tertiary alicyclic amines) is 1. The third kappa shape index (κ3) is 4.48. The van der Waals surface area contributed by atoms with Crippen molar-refractivity contribution in [3.8, 4) is 5.75 Å². The summed E-state index contributed by atoms with van der Waals surface area (Å²) in [6, 6.07) is 7.68. The Morgan fingerprint density at radius 3 is 2.56 bits per heavy atom. The number of rotatable bonds is 5. The molecule has 1 fully saturated rings. The summed E-state index contributed by atoms with van der Waals surface area (Å²) in [5.74, 6) is 0.812. The van der Waals surface area contributed by atoms with E-state index in [0.29, 0.717) is 6.61 Å². The average Bonchev–Trinajstić information content (AvgIpc) is 2.40. The van der Waals surface area contributed by atoms with Gasteiger partial charge in [0, 0.05) is 12.1 Å². The van der Waals surface area contributed by atoms with Crippen LogP contribution < -0.4 is 4.74 Å². The van der Waals surface area contributed by atoms with Gasteiger partial charge < -0.3 is 9.84 Å². The summed E-state index contributed by atoms with van der Waals surface area (Å²) in [5.41, 5.74) is 0.867. The predicted molar refractivity (Wildman–Crippen MR) is 75.4 cm³/mol. The number of hydrogen-bond acceptors (Lipinski definition) is 3. The Balaban J connectivity index is 0.00000162. The van der Waals surface area contributed by atoms with Gasteiger partial charge in [-0.2, -0.15) is 0 Å². The zero-order valence-electron chi connectivity index (χ0n) is 10.7. The van der Waals surface area contributed by atoms with Crippen LogP contribution in [0, 0.1) is 0 Å². The summed E-state index contributed by atoms with van der Waals surface area (Å²) in [6.07, 6.45) is 3.99. The normalized spacial score (nSPS) is 16.1. The predicted octanol–water partition coefficient (Wildman–Crippen LogP) is 2.47. The van der Waals surface area contributed by atoms with Crippen LogP contribution in [0.2, 0.25) is 0 Å². The van der Waals surface area contributed by atoms with E-state index in [-0.39, 0.29) is 19.0 Å². The van der Waals surface area contributed by atoms with Crippen molar-refractivity contribution in [3.63, 3.8) is 0 Å². The van der Waals surface area contributed by atoms with E-state index in [1.807, 2.05) is 24.3 Å². The number of hydrogen-bond donors (Lipinski definition) is 1. The SMILES string of the molecule is Cl.OCc1ccccc1OCCN1CCCCC1. The van der Waals surface area contributed by atoms with E-state index >= 15 is 0 Å². The molecule has 4 heteroatoms. The first kappa shape index (κ1) is 15.3. The molecule has 0 aromatic heterocycles. The molecule has 102 valence electrons. The van der Waals surface area contributed by atoms with E-state index in [9.17, 15) is 5.11 Å². The molecule has 0 amide bonds. The second-order valence-electron chi connectivity index (χ2n) is 4.52. The quantitative estimate of drug-likeness (QED) is 0.893. The number of benzene rings is 1. The number of aliphatic hydroxyl groups is 1. The lowest BCUT2D eigenvalue weighted by Gasteiger charge is -2.26. The van der Waals surface area contributed by atoms with Crippen molar-refractivity contribution in [3.05, 3.63) is 29.8 Å². The molecule has 0 saturated carbocycles. The average molecular weight is 272 g/mol. The van der Waals surface area contributed by atoms with Crippen molar-refractivity contribution in [2.75, 3.05) is 26.2 Å². The van der Waals surface area contributed by atoms with Crippen LogP contribution in [0.15, 0.2) is 24.3 Å². The molecule has 0 unspecified atom stereocenters.